The molecule has 1 amide bonds. The molecule has 1 aliphatic heterocycles. The van der Waals surface area contributed by atoms with Gasteiger partial charge in [0.15, 0.2) is 0 Å². The average molecular weight is 466 g/mol. The Labute approximate surface area is 193 Å². The molecule has 1 heterocycles. The van der Waals surface area contributed by atoms with Crippen LogP contribution in [0.5, 0.6) is 0 Å². The molecular weight excluding hydrogens is 439 g/mol. The topological polar surface area (TPSA) is 23.6 Å². The molecule has 6 heteroatoms. The van der Waals surface area contributed by atoms with Gasteiger partial charge in [-0.05, 0) is 80.1 Å². The number of likely N-dealkylation sites (N-methyl/N-ethyl adjacent to an activating group) is 1. The summed E-state index contributed by atoms with van der Waals surface area (Å²) >= 11 is 19.0. The van der Waals surface area contributed by atoms with Gasteiger partial charge in [0.25, 0.3) is 0 Å². The van der Waals surface area contributed by atoms with E-state index in [9.17, 15) is 4.79 Å². The molecule has 2 aromatic carbocycles. The van der Waals surface area contributed by atoms with Gasteiger partial charge in [-0.25, -0.2) is 0 Å². The van der Waals surface area contributed by atoms with E-state index in [0.717, 1.165) is 43.1 Å². The summed E-state index contributed by atoms with van der Waals surface area (Å²) in [7, 11) is 4.09. The fourth-order valence-corrected chi connectivity index (χ4v) is 5.94. The van der Waals surface area contributed by atoms with Crippen molar-refractivity contribution in [2.45, 2.75) is 24.7 Å². The van der Waals surface area contributed by atoms with Gasteiger partial charge in [-0.15, -0.1) is 0 Å². The molecule has 1 saturated carbocycles. The summed E-state index contributed by atoms with van der Waals surface area (Å²) in [5, 5.41) is 2.08. The summed E-state index contributed by atoms with van der Waals surface area (Å²) < 4.78 is 0. The highest BCUT2D eigenvalue weighted by Crippen LogP contribution is 2.53. The van der Waals surface area contributed by atoms with E-state index in [1.54, 1.807) is 0 Å². The minimum absolute atomic E-state index is 0.0789. The van der Waals surface area contributed by atoms with E-state index < -0.39 is 0 Å². The predicted molar refractivity (Wildman–Crippen MR) is 125 cm³/mol. The molecule has 0 N–H and O–H groups in total. The summed E-state index contributed by atoms with van der Waals surface area (Å²) in [6.45, 7) is 2.45. The van der Waals surface area contributed by atoms with Crippen LogP contribution >= 0.6 is 34.8 Å². The van der Waals surface area contributed by atoms with Crippen molar-refractivity contribution in [1.82, 2.24) is 9.80 Å². The maximum atomic E-state index is 13.2. The number of carbonyl (C=O) groups excluding carboxylic acids is 1. The lowest BCUT2D eigenvalue weighted by Crippen LogP contribution is -2.34. The van der Waals surface area contributed by atoms with E-state index in [-0.39, 0.29) is 23.7 Å². The molecule has 4 atom stereocenters. The van der Waals surface area contributed by atoms with Crippen LogP contribution in [0, 0.1) is 11.8 Å². The van der Waals surface area contributed by atoms with Crippen LogP contribution in [0.25, 0.3) is 0 Å². The van der Waals surface area contributed by atoms with Gasteiger partial charge in [-0.2, -0.15) is 0 Å². The van der Waals surface area contributed by atoms with Gasteiger partial charge in [0.05, 0.1) is 0 Å². The quantitative estimate of drug-likeness (QED) is 0.545. The van der Waals surface area contributed by atoms with Crippen LogP contribution in [0.1, 0.15) is 35.8 Å². The van der Waals surface area contributed by atoms with Gasteiger partial charge in [-0.1, -0.05) is 53.0 Å². The Morgan fingerprint density at radius 3 is 2.30 bits per heavy atom. The fraction of sp³-hybridized carbons (Fsp3) is 0.458. The summed E-state index contributed by atoms with van der Waals surface area (Å²) in [5.74, 6) is 1.12. The highest BCUT2D eigenvalue weighted by Gasteiger charge is 2.50. The molecule has 160 valence electrons. The van der Waals surface area contributed by atoms with Gasteiger partial charge in [0.2, 0.25) is 5.91 Å². The van der Waals surface area contributed by atoms with Crippen LogP contribution in [-0.2, 0) is 4.79 Å². The molecule has 2 aromatic rings. The van der Waals surface area contributed by atoms with Crippen molar-refractivity contribution in [3.63, 3.8) is 0 Å². The monoisotopic (exact) mass is 464 g/mol. The smallest absolute Gasteiger partial charge is 0.226 e. The van der Waals surface area contributed by atoms with Crippen LogP contribution in [-0.4, -0.2) is 49.4 Å². The predicted octanol–water partition coefficient (Wildman–Crippen LogP) is 5.94. The van der Waals surface area contributed by atoms with Gasteiger partial charge >= 0.3 is 0 Å². The Hall–Kier alpha value is -1.26. The molecule has 0 spiro atoms. The Morgan fingerprint density at radius 2 is 1.63 bits per heavy atom. The average Bonchev–Trinajstić information content (AvgIpc) is 3.02. The molecule has 30 heavy (non-hydrogen) atoms. The van der Waals surface area contributed by atoms with E-state index in [4.69, 9.17) is 34.8 Å². The van der Waals surface area contributed by atoms with Crippen LogP contribution in [0.15, 0.2) is 42.5 Å². The summed E-state index contributed by atoms with van der Waals surface area (Å²) in [6, 6.07) is 13.9. The van der Waals surface area contributed by atoms with Crippen LogP contribution in [0.2, 0.25) is 15.1 Å². The SMILES string of the molecule is CN(C)CCN1C[C@H]2[C@@H](c3ccc(Cl)cc3)[C@H](c3ccc(Cl)cc3Cl)CC[C@H]2C1=O. The molecule has 0 radical (unpaired) electrons. The van der Waals surface area contributed by atoms with Gasteiger partial charge in [0.1, 0.15) is 0 Å². The summed E-state index contributed by atoms with van der Waals surface area (Å²) in [6.07, 6.45) is 1.83. The maximum absolute atomic E-state index is 13.2. The van der Waals surface area contributed by atoms with E-state index >= 15 is 0 Å². The lowest BCUT2D eigenvalue weighted by Gasteiger charge is -2.40. The zero-order valence-corrected chi connectivity index (χ0v) is 19.6. The number of halogens is 3. The number of hydrogen-bond donors (Lipinski definition) is 0. The lowest BCUT2D eigenvalue weighted by molar-refractivity contribution is -0.131. The van der Waals surface area contributed by atoms with Gasteiger partial charge in [0, 0.05) is 40.6 Å². The first kappa shape index (κ1) is 22.0. The first-order valence-corrected chi connectivity index (χ1v) is 11.6. The molecule has 0 unspecified atom stereocenters. The number of nitrogens with zero attached hydrogens (tertiary/aromatic N) is 2. The number of hydrogen-bond acceptors (Lipinski definition) is 2. The van der Waals surface area contributed by atoms with Crippen molar-refractivity contribution in [1.29, 1.82) is 0 Å². The number of likely N-dealkylation sites (tertiary alicyclic amines) is 1. The summed E-state index contributed by atoms with van der Waals surface area (Å²) in [4.78, 5) is 17.4. The molecule has 1 aliphatic carbocycles. The largest absolute Gasteiger partial charge is 0.341 e. The second-order valence-electron chi connectivity index (χ2n) is 8.78. The van der Waals surface area contributed by atoms with Crippen molar-refractivity contribution in [2.24, 2.45) is 11.8 Å². The van der Waals surface area contributed by atoms with Crippen molar-refractivity contribution >= 4 is 40.7 Å². The third-order valence-electron chi connectivity index (χ3n) is 6.69. The van der Waals surface area contributed by atoms with E-state index in [0.29, 0.717) is 16.0 Å². The Kier molecular flexibility index (Phi) is 6.64. The first-order valence-electron chi connectivity index (χ1n) is 10.5. The second-order valence-corrected chi connectivity index (χ2v) is 10.1. The fourth-order valence-electron chi connectivity index (χ4n) is 5.27. The molecule has 2 fully saturated rings. The van der Waals surface area contributed by atoms with Crippen LogP contribution in [0.4, 0.5) is 0 Å². The van der Waals surface area contributed by atoms with E-state index in [2.05, 4.69) is 28.0 Å². The van der Waals surface area contributed by atoms with Crippen LogP contribution in [0.3, 0.4) is 0 Å². The Morgan fingerprint density at radius 1 is 0.967 bits per heavy atom. The van der Waals surface area contributed by atoms with Crippen LogP contribution < -0.4 is 0 Å². The number of fused-ring (bicyclic) bond motifs is 1. The Bertz CT molecular complexity index is 915. The maximum Gasteiger partial charge on any atom is 0.226 e. The number of benzene rings is 2. The zero-order chi connectivity index (χ0) is 21.4. The number of amides is 1. The molecular formula is C24H27Cl3N2O. The second kappa shape index (κ2) is 9.08. The minimum atomic E-state index is 0.0789. The third kappa shape index (κ3) is 4.36. The molecule has 1 saturated heterocycles. The Balaban J connectivity index is 1.70. The van der Waals surface area contributed by atoms with Crippen molar-refractivity contribution in [2.75, 3.05) is 33.7 Å². The minimum Gasteiger partial charge on any atom is -0.341 e. The zero-order valence-electron chi connectivity index (χ0n) is 17.3. The molecule has 2 aliphatic rings. The number of rotatable bonds is 5. The lowest BCUT2D eigenvalue weighted by atomic mass is 9.63. The summed E-state index contributed by atoms with van der Waals surface area (Å²) in [5.41, 5.74) is 2.35. The normalized spacial score (nSPS) is 26.3. The third-order valence-corrected chi connectivity index (χ3v) is 7.51. The van der Waals surface area contributed by atoms with Gasteiger partial charge < -0.3 is 9.80 Å². The van der Waals surface area contributed by atoms with Crippen molar-refractivity contribution < 1.29 is 4.79 Å². The molecule has 4 rings (SSSR count). The molecule has 3 nitrogen and oxygen atoms in total. The number of carbonyl (C=O) groups is 1. The van der Waals surface area contributed by atoms with Crippen molar-refractivity contribution in [3.05, 3.63) is 68.7 Å². The van der Waals surface area contributed by atoms with E-state index in [1.807, 2.05) is 38.4 Å². The highest BCUT2D eigenvalue weighted by atomic mass is 35.5. The van der Waals surface area contributed by atoms with Crippen molar-refractivity contribution in [3.8, 4) is 0 Å². The highest BCUT2D eigenvalue weighted by molar-refractivity contribution is 6.35. The first-order chi connectivity index (χ1) is 14.3. The van der Waals surface area contributed by atoms with Gasteiger partial charge in [-0.3, -0.25) is 4.79 Å². The standard InChI is InChI=1S/C24H27Cl3N2O/c1-28(2)11-12-29-14-21-20(24(29)30)10-9-19(18-8-7-17(26)13-22(18)27)23(21)15-3-5-16(25)6-4-15/h3-8,13,19-21,23H,9-12,14H2,1-2H3/t19-,20+,21+,23-/m0/s1. The van der Waals surface area contributed by atoms with E-state index in [1.165, 1.54) is 5.56 Å². The molecule has 0 aromatic heterocycles. The molecule has 0 bridgehead atoms.